The number of nitrogens with two attached hydrogens (primary N) is 1. The Bertz CT molecular complexity index is 420. The first-order valence-electron chi connectivity index (χ1n) is 4.38. The summed E-state index contributed by atoms with van der Waals surface area (Å²) in [5, 5.41) is 8.65. The number of hydrogen-bond donors (Lipinski definition) is 2. The fraction of sp³-hybridized carbons (Fsp3) is 0.200. The molecule has 1 amide bonds. The van der Waals surface area contributed by atoms with Crippen LogP contribution in [0.3, 0.4) is 0 Å². The van der Waals surface area contributed by atoms with Crippen LogP contribution in [0.4, 0.5) is 8.78 Å². The molecule has 0 aromatic heterocycles. The maximum absolute atomic E-state index is 13.1. The van der Waals surface area contributed by atoms with Gasteiger partial charge in [-0.15, -0.1) is 0 Å². The molecule has 1 unspecified atom stereocenters. The van der Waals surface area contributed by atoms with Crippen molar-refractivity contribution in [2.75, 3.05) is 0 Å². The minimum Gasteiger partial charge on any atom is -0.481 e. The van der Waals surface area contributed by atoms with Crippen molar-refractivity contribution in [3.05, 3.63) is 35.4 Å². The van der Waals surface area contributed by atoms with Crippen LogP contribution in [0.25, 0.3) is 0 Å². The van der Waals surface area contributed by atoms with Crippen molar-refractivity contribution >= 4 is 11.9 Å². The number of carboxylic acids is 1. The number of carbonyl (C=O) groups is 2. The van der Waals surface area contributed by atoms with Gasteiger partial charge >= 0.3 is 5.97 Å². The summed E-state index contributed by atoms with van der Waals surface area (Å²) in [4.78, 5) is 21.4. The minimum atomic E-state index is -1.56. The third kappa shape index (κ3) is 2.75. The van der Waals surface area contributed by atoms with Crippen molar-refractivity contribution < 1.29 is 23.5 Å². The van der Waals surface area contributed by atoms with E-state index in [4.69, 9.17) is 10.8 Å². The molecule has 86 valence electrons. The molecule has 1 aromatic rings. The molecular formula is C10H9F2NO3. The summed E-state index contributed by atoms with van der Waals surface area (Å²) in [7, 11) is 0. The van der Waals surface area contributed by atoms with Gasteiger partial charge in [0.15, 0.2) is 0 Å². The summed E-state index contributed by atoms with van der Waals surface area (Å²) in [5.74, 6) is -5.58. The molecule has 3 N–H and O–H groups in total. The maximum atomic E-state index is 13.1. The normalized spacial score (nSPS) is 12.1. The summed E-state index contributed by atoms with van der Waals surface area (Å²) >= 11 is 0. The average molecular weight is 229 g/mol. The van der Waals surface area contributed by atoms with E-state index < -0.39 is 35.8 Å². The molecule has 6 heteroatoms. The zero-order valence-electron chi connectivity index (χ0n) is 8.11. The third-order valence-electron chi connectivity index (χ3n) is 2.07. The van der Waals surface area contributed by atoms with E-state index in [1.807, 2.05) is 0 Å². The average Bonchev–Trinajstić information content (AvgIpc) is 2.18. The molecule has 1 aromatic carbocycles. The summed E-state index contributed by atoms with van der Waals surface area (Å²) in [6.07, 6.45) is -0.464. The number of primary amides is 1. The Morgan fingerprint density at radius 1 is 1.38 bits per heavy atom. The number of halogens is 2. The summed E-state index contributed by atoms with van der Waals surface area (Å²) in [5.41, 5.74) is 4.65. The van der Waals surface area contributed by atoms with Crippen molar-refractivity contribution in [2.45, 2.75) is 6.42 Å². The predicted molar refractivity (Wildman–Crippen MR) is 50.4 cm³/mol. The Morgan fingerprint density at radius 3 is 2.50 bits per heavy atom. The number of aliphatic carboxylic acids is 1. The van der Waals surface area contributed by atoms with E-state index in [-0.39, 0.29) is 5.56 Å². The standard InChI is InChI=1S/C10H9F2NO3/c11-6-1-2-8(12)5(3-6)4-7(9(13)14)10(15)16/h1-3,7H,4H2,(H2,13,14)(H,15,16). The van der Waals surface area contributed by atoms with Gasteiger partial charge in [-0.3, -0.25) is 9.59 Å². The Morgan fingerprint density at radius 2 is 2.00 bits per heavy atom. The van der Waals surface area contributed by atoms with Crippen LogP contribution in [-0.2, 0) is 16.0 Å². The van der Waals surface area contributed by atoms with E-state index in [9.17, 15) is 18.4 Å². The van der Waals surface area contributed by atoms with Crippen LogP contribution >= 0.6 is 0 Å². The quantitative estimate of drug-likeness (QED) is 0.745. The SMILES string of the molecule is NC(=O)C(Cc1cc(F)ccc1F)C(=O)O. The molecule has 0 aliphatic rings. The molecule has 4 nitrogen and oxygen atoms in total. The Labute approximate surface area is 89.7 Å². The van der Waals surface area contributed by atoms with Crippen LogP contribution in [0, 0.1) is 17.6 Å². The summed E-state index contributed by atoms with van der Waals surface area (Å²) in [6.45, 7) is 0. The zero-order chi connectivity index (χ0) is 12.3. The summed E-state index contributed by atoms with van der Waals surface area (Å²) < 4.78 is 25.9. The fourth-order valence-corrected chi connectivity index (χ4v) is 1.23. The van der Waals surface area contributed by atoms with E-state index >= 15 is 0 Å². The van der Waals surface area contributed by atoms with Gasteiger partial charge in [0.05, 0.1) is 0 Å². The molecule has 0 radical (unpaired) electrons. The molecule has 0 spiro atoms. The highest BCUT2D eigenvalue weighted by atomic mass is 19.1. The smallest absolute Gasteiger partial charge is 0.316 e. The van der Waals surface area contributed by atoms with E-state index in [0.717, 1.165) is 18.2 Å². The van der Waals surface area contributed by atoms with Gasteiger partial charge in [0.25, 0.3) is 0 Å². The van der Waals surface area contributed by atoms with Gasteiger partial charge in [-0.2, -0.15) is 0 Å². The van der Waals surface area contributed by atoms with E-state index in [0.29, 0.717) is 0 Å². The Hall–Kier alpha value is -1.98. The van der Waals surface area contributed by atoms with Crippen LogP contribution in [0.15, 0.2) is 18.2 Å². The molecule has 0 fully saturated rings. The lowest BCUT2D eigenvalue weighted by Crippen LogP contribution is -2.32. The lowest BCUT2D eigenvalue weighted by molar-refractivity contribution is -0.145. The largest absolute Gasteiger partial charge is 0.481 e. The van der Waals surface area contributed by atoms with Crippen molar-refractivity contribution in [1.82, 2.24) is 0 Å². The second-order valence-electron chi connectivity index (χ2n) is 3.23. The molecule has 1 atom stereocenters. The van der Waals surface area contributed by atoms with Crippen molar-refractivity contribution in [3.63, 3.8) is 0 Å². The predicted octanol–water partition coefficient (Wildman–Crippen LogP) is 0.693. The number of rotatable bonds is 4. The highest BCUT2D eigenvalue weighted by molar-refractivity contribution is 5.96. The number of hydrogen-bond acceptors (Lipinski definition) is 2. The van der Waals surface area contributed by atoms with Crippen LogP contribution in [-0.4, -0.2) is 17.0 Å². The molecule has 0 saturated heterocycles. The first kappa shape index (κ1) is 12.1. The van der Waals surface area contributed by atoms with E-state index in [1.165, 1.54) is 0 Å². The van der Waals surface area contributed by atoms with Crippen molar-refractivity contribution in [1.29, 1.82) is 0 Å². The first-order valence-corrected chi connectivity index (χ1v) is 4.38. The Balaban J connectivity index is 2.97. The van der Waals surface area contributed by atoms with Crippen LogP contribution in [0.5, 0.6) is 0 Å². The van der Waals surface area contributed by atoms with Gasteiger partial charge in [-0.25, -0.2) is 8.78 Å². The molecule has 0 saturated carbocycles. The maximum Gasteiger partial charge on any atom is 0.316 e. The highest BCUT2D eigenvalue weighted by Crippen LogP contribution is 2.14. The second kappa shape index (κ2) is 4.69. The van der Waals surface area contributed by atoms with Crippen LogP contribution < -0.4 is 5.73 Å². The molecule has 16 heavy (non-hydrogen) atoms. The van der Waals surface area contributed by atoms with Crippen LogP contribution in [0.1, 0.15) is 5.56 Å². The zero-order valence-corrected chi connectivity index (χ0v) is 8.11. The lowest BCUT2D eigenvalue weighted by Gasteiger charge is -2.09. The van der Waals surface area contributed by atoms with Crippen LogP contribution in [0.2, 0.25) is 0 Å². The number of carboxylic acid groups (broad SMARTS) is 1. The number of benzene rings is 1. The van der Waals surface area contributed by atoms with Gasteiger partial charge in [-0.05, 0) is 30.2 Å². The van der Waals surface area contributed by atoms with Gasteiger partial charge < -0.3 is 10.8 Å². The topological polar surface area (TPSA) is 80.4 Å². The van der Waals surface area contributed by atoms with Crippen molar-refractivity contribution in [2.24, 2.45) is 11.7 Å². The minimum absolute atomic E-state index is 0.189. The number of amides is 1. The van der Waals surface area contributed by atoms with Gasteiger partial charge in [0, 0.05) is 0 Å². The molecule has 0 heterocycles. The second-order valence-corrected chi connectivity index (χ2v) is 3.23. The number of carbonyl (C=O) groups excluding carboxylic acids is 1. The first-order chi connectivity index (χ1) is 7.41. The lowest BCUT2D eigenvalue weighted by atomic mass is 9.98. The van der Waals surface area contributed by atoms with Gasteiger partial charge in [-0.1, -0.05) is 0 Å². The molecular weight excluding hydrogens is 220 g/mol. The summed E-state index contributed by atoms with van der Waals surface area (Å²) in [6, 6.07) is 2.61. The fourth-order valence-electron chi connectivity index (χ4n) is 1.23. The van der Waals surface area contributed by atoms with Crippen molar-refractivity contribution in [3.8, 4) is 0 Å². The molecule has 0 bridgehead atoms. The van der Waals surface area contributed by atoms with E-state index in [2.05, 4.69) is 0 Å². The molecule has 0 aliphatic carbocycles. The highest BCUT2D eigenvalue weighted by Gasteiger charge is 2.25. The molecule has 0 aliphatic heterocycles. The van der Waals surface area contributed by atoms with E-state index in [1.54, 1.807) is 0 Å². The van der Waals surface area contributed by atoms with Gasteiger partial charge in [0.2, 0.25) is 5.91 Å². The Kier molecular flexibility index (Phi) is 3.55. The monoisotopic (exact) mass is 229 g/mol. The van der Waals surface area contributed by atoms with Gasteiger partial charge in [0.1, 0.15) is 17.6 Å². The third-order valence-corrected chi connectivity index (χ3v) is 2.07. The molecule has 1 rings (SSSR count).